The van der Waals surface area contributed by atoms with Gasteiger partial charge in [-0.25, -0.2) is 14.2 Å². The van der Waals surface area contributed by atoms with Crippen LogP contribution in [0.4, 0.5) is 4.39 Å². The molecule has 2 heterocycles. The van der Waals surface area contributed by atoms with Gasteiger partial charge in [0.25, 0.3) is 5.89 Å². The topological polar surface area (TPSA) is 98.3 Å². The Morgan fingerprint density at radius 3 is 2.65 bits per heavy atom. The van der Waals surface area contributed by atoms with Crippen molar-refractivity contribution >= 4 is 5.97 Å². The fraction of sp³-hybridized carbons (Fsp3) is 0.222. The summed E-state index contributed by atoms with van der Waals surface area (Å²) in [6, 6.07) is 5.44. The van der Waals surface area contributed by atoms with Crippen molar-refractivity contribution in [3.63, 3.8) is 0 Å². The van der Waals surface area contributed by atoms with E-state index in [1.54, 1.807) is 12.3 Å². The molecule has 8 heteroatoms. The number of carbonyl (C=O) groups is 1. The summed E-state index contributed by atoms with van der Waals surface area (Å²) in [5.74, 6) is -1.32. The number of carboxylic acids is 1. The molecule has 7 nitrogen and oxygen atoms in total. The van der Waals surface area contributed by atoms with E-state index in [1.165, 1.54) is 6.07 Å². The van der Waals surface area contributed by atoms with Gasteiger partial charge in [0.1, 0.15) is 5.82 Å². The predicted octanol–water partition coefficient (Wildman–Crippen LogP) is 3.73. The summed E-state index contributed by atoms with van der Waals surface area (Å²) in [7, 11) is 0. The number of pyridine rings is 1. The average Bonchev–Trinajstić information content (AvgIpc) is 3.06. The Labute approximate surface area is 148 Å². The molecule has 1 N–H and O–H groups in total. The van der Waals surface area contributed by atoms with Crippen molar-refractivity contribution < 1.29 is 23.6 Å². The van der Waals surface area contributed by atoms with Crippen molar-refractivity contribution in [3.05, 3.63) is 47.4 Å². The molecule has 0 amide bonds. The third-order valence-electron chi connectivity index (χ3n) is 3.51. The van der Waals surface area contributed by atoms with Crippen molar-refractivity contribution in [2.24, 2.45) is 0 Å². The van der Waals surface area contributed by atoms with E-state index in [0.717, 1.165) is 17.7 Å². The molecule has 0 atom stereocenters. The van der Waals surface area contributed by atoms with Crippen LogP contribution in [-0.2, 0) is 0 Å². The van der Waals surface area contributed by atoms with Gasteiger partial charge >= 0.3 is 5.97 Å². The minimum atomic E-state index is -1.34. The molecule has 26 heavy (non-hydrogen) atoms. The zero-order valence-electron chi connectivity index (χ0n) is 14.4. The molecule has 134 valence electrons. The number of benzene rings is 1. The van der Waals surface area contributed by atoms with Gasteiger partial charge in [-0.05, 0) is 45.0 Å². The lowest BCUT2D eigenvalue weighted by atomic mass is 10.1. The van der Waals surface area contributed by atoms with Crippen LogP contribution in [0.15, 0.2) is 35.0 Å². The molecule has 3 aromatic rings. The van der Waals surface area contributed by atoms with E-state index in [2.05, 4.69) is 15.1 Å². The second-order valence-electron chi connectivity index (χ2n) is 5.94. The molecule has 0 spiro atoms. The zero-order valence-corrected chi connectivity index (χ0v) is 14.4. The maximum Gasteiger partial charge on any atom is 0.338 e. The number of aromatic nitrogens is 3. The van der Waals surface area contributed by atoms with Gasteiger partial charge in [-0.1, -0.05) is 5.16 Å². The van der Waals surface area contributed by atoms with E-state index in [-0.39, 0.29) is 17.8 Å². The Hall–Kier alpha value is -3.29. The highest BCUT2D eigenvalue weighted by atomic mass is 19.1. The fourth-order valence-corrected chi connectivity index (χ4v) is 2.31. The average molecular weight is 357 g/mol. The van der Waals surface area contributed by atoms with Crippen LogP contribution in [0.2, 0.25) is 0 Å². The van der Waals surface area contributed by atoms with Crippen LogP contribution in [0.5, 0.6) is 5.88 Å². The number of hydrogen-bond donors (Lipinski definition) is 1. The van der Waals surface area contributed by atoms with Crippen molar-refractivity contribution in [3.8, 4) is 28.7 Å². The van der Waals surface area contributed by atoms with Gasteiger partial charge in [-0.2, -0.15) is 4.98 Å². The first-order chi connectivity index (χ1) is 12.3. The van der Waals surface area contributed by atoms with Crippen LogP contribution in [0.25, 0.3) is 22.8 Å². The van der Waals surface area contributed by atoms with Gasteiger partial charge < -0.3 is 14.4 Å². The molecule has 0 saturated heterocycles. The maximum absolute atomic E-state index is 13.8. The molecule has 0 bridgehead atoms. The Bertz CT molecular complexity index is 969. The van der Waals surface area contributed by atoms with Crippen molar-refractivity contribution in [2.75, 3.05) is 0 Å². The molecule has 3 rings (SSSR count). The lowest BCUT2D eigenvalue weighted by Crippen LogP contribution is -2.08. The van der Waals surface area contributed by atoms with Crippen molar-refractivity contribution in [2.45, 2.75) is 26.9 Å². The molecule has 0 radical (unpaired) electrons. The standard InChI is InChI=1S/C18H16FN3O4/c1-9(2)25-16-10(3)6-12(8-20-16)17-21-15(22-26-17)11-4-5-13(18(23)24)14(19)7-11/h4-9H,1-3H3,(H,23,24). The van der Waals surface area contributed by atoms with Gasteiger partial charge in [0, 0.05) is 17.3 Å². The second-order valence-corrected chi connectivity index (χ2v) is 5.94. The van der Waals surface area contributed by atoms with Crippen LogP contribution in [-0.4, -0.2) is 32.3 Å². The summed E-state index contributed by atoms with van der Waals surface area (Å²) in [4.78, 5) is 19.3. The van der Waals surface area contributed by atoms with Crippen molar-refractivity contribution in [1.29, 1.82) is 0 Å². The number of nitrogens with zero attached hydrogens (tertiary/aromatic N) is 3. The lowest BCUT2D eigenvalue weighted by molar-refractivity contribution is 0.0692. The van der Waals surface area contributed by atoms with E-state index < -0.39 is 17.3 Å². The first-order valence-corrected chi connectivity index (χ1v) is 7.85. The maximum atomic E-state index is 13.8. The molecule has 0 aliphatic heterocycles. The summed E-state index contributed by atoms with van der Waals surface area (Å²) >= 11 is 0. The van der Waals surface area contributed by atoms with E-state index in [1.807, 2.05) is 20.8 Å². The lowest BCUT2D eigenvalue weighted by Gasteiger charge is -2.10. The van der Waals surface area contributed by atoms with Gasteiger partial charge in [-0.15, -0.1) is 0 Å². The Balaban J connectivity index is 1.89. The molecule has 0 unspecified atom stereocenters. The van der Waals surface area contributed by atoms with E-state index in [9.17, 15) is 9.18 Å². The third kappa shape index (κ3) is 3.53. The van der Waals surface area contributed by atoms with Gasteiger partial charge in [0.15, 0.2) is 0 Å². The highest BCUT2D eigenvalue weighted by Gasteiger charge is 2.16. The highest BCUT2D eigenvalue weighted by molar-refractivity contribution is 5.88. The largest absolute Gasteiger partial charge is 0.478 e. The number of aromatic carboxylic acids is 1. The normalized spacial score (nSPS) is 11.0. The van der Waals surface area contributed by atoms with E-state index in [4.69, 9.17) is 14.4 Å². The molecule has 0 fully saturated rings. The third-order valence-corrected chi connectivity index (χ3v) is 3.51. The number of hydrogen-bond acceptors (Lipinski definition) is 6. The zero-order chi connectivity index (χ0) is 18.8. The molecular weight excluding hydrogens is 341 g/mol. The first kappa shape index (κ1) is 17.5. The SMILES string of the molecule is Cc1cc(-c2nc(-c3ccc(C(=O)O)c(F)c3)no2)cnc1OC(C)C. The number of rotatable bonds is 5. The van der Waals surface area contributed by atoms with Crippen LogP contribution in [0.3, 0.4) is 0 Å². The van der Waals surface area contributed by atoms with E-state index >= 15 is 0 Å². The summed E-state index contributed by atoms with van der Waals surface area (Å²) < 4.78 is 24.6. The number of carboxylic acid groups (broad SMARTS) is 1. The predicted molar refractivity (Wildman–Crippen MR) is 90.4 cm³/mol. The monoisotopic (exact) mass is 357 g/mol. The molecule has 0 aliphatic rings. The van der Waals surface area contributed by atoms with Gasteiger partial charge in [0.05, 0.1) is 17.2 Å². The van der Waals surface area contributed by atoms with Gasteiger partial charge in [-0.3, -0.25) is 0 Å². The Morgan fingerprint density at radius 2 is 2.04 bits per heavy atom. The minimum Gasteiger partial charge on any atom is -0.478 e. The van der Waals surface area contributed by atoms with E-state index in [0.29, 0.717) is 17.0 Å². The minimum absolute atomic E-state index is 0.00530. The Kier molecular flexibility index (Phi) is 4.66. The summed E-state index contributed by atoms with van der Waals surface area (Å²) in [6.07, 6.45) is 1.56. The Morgan fingerprint density at radius 1 is 1.27 bits per heavy atom. The quantitative estimate of drug-likeness (QED) is 0.743. The van der Waals surface area contributed by atoms with Crippen molar-refractivity contribution in [1.82, 2.24) is 15.1 Å². The number of aryl methyl sites for hydroxylation is 1. The van der Waals surface area contributed by atoms with Crippen LogP contribution in [0, 0.1) is 12.7 Å². The second kappa shape index (κ2) is 6.91. The van der Waals surface area contributed by atoms with Crippen LogP contribution in [0.1, 0.15) is 29.8 Å². The first-order valence-electron chi connectivity index (χ1n) is 7.85. The van der Waals surface area contributed by atoms with Crippen LogP contribution < -0.4 is 4.74 Å². The molecule has 0 aliphatic carbocycles. The smallest absolute Gasteiger partial charge is 0.338 e. The summed E-state index contributed by atoms with van der Waals surface area (Å²) in [6.45, 7) is 5.67. The summed E-state index contributed by atoms with van der Waals surface area (Å²) in [5.41, 5.74) is 1.30. The fourth-order valence-electron chi connectivity index (χ4n) is 2.31. The van der Waals surface area contributed by atoms with Gasteiger partial charge in [0.2, 0.25) is 11.7 Å². The molecule has 0 saturated carbocycles. The van der Waals surface area contributed by atoms with Crippen LogP contribution >= 0.6 is 0 Å². The number of ether oxygens (including phenoxy) is 1. The number of halogens is 1. The molecule has 2 aromatic heterocycles. The molecular formula is C18H16FN3O4. The summed E-state index contributed by atoms with van der Waals surface area (Å²) in [5, 5.41) is 12.7. The highest BCUT2D eigenvalue weighted by Crippen LogP contribution is 2.26. The molecule has 1 aromatic carbocycles.